The average molecular weight is 738 g/mol. The molecule has 284 valence electrons. The molecular weight excluding hydrogens is 690 g/mol. The minimum Gasteiger partial charge on any atom is -0.394 e. The largest absolute Gasteiger partial charge is 0.394 e. The van der Waals surface area contributed by atoms with Crippen molar-refractivity contribution in [3.63, 3.8) is 0 Å². The van der Waals surface area contributed by atoms with Crippen LogP contribution in [0.25, 0.3) is 0 Å². The molecule has 0 amide bonds. The first-order chi connectivity index (χ1) is 23.8. The summed E-state index contributed by atoms with van der Waals surface area (Å²) in [5.41, 5.74) is 31.4. The van der Waals surface area contributed by atoms with Crippen molar-refractivity contribution in [2.24, 2.45) is 28.7 Å². The molecule has 19 nitrogen and oxygen atoms in total. The fourth-order valence-electron chi connectivity index (χ4n) is 7.00. The van der Waals surface area contributed by atoms with Gasteiger partial charge in [-0.2, -0.15) is 0 Å². The van der Waals surface area contributed by atoms with Crippen LogP contribution in [0.4, 0.5) is 0 Å². The molecule has 20 heteroatoms. The first kappa shape index (κ1) is 38.5. The summed E-state index contributed by atoms with van der Waals surface area (Å²) in [5.74, 6) is 0. The van der Waals surface area contributed by atoms with E-state index in [1.54, 1.807) is 24.3 Å². The van der Waals surface area contributed by atoms with Gasteiger partial charge in [-0.05, 0) is 18.6 Å². The molecule has 0 bridgehead atoms. The number of benzene rings is 1. The third-order valence-electron chi connectivity index (χ3n) is 9.95. The highest BCUT2D eigenvalue weighted by molar-refractivity contribution is 6.30. The van der Waals surface area contributed by atoms with Gasteiger partial charge in [0.1, 0.15) is 67.1 Å². The predicted octanol–water partition coefficient (Wildman–Crippen LogP) is -5.45. The number of rotatable bonds is 9. The van der Waals surface area contributed by atoms with Gasteiger partial charge in [0, 0.05) is 29.2 Å². The first-order valence-electron chi connectivity index (χ1n) is 16.5. The summed E-state index contributed by atoms with van der Waals surface area (Å²) in [6.07, 6.45) is -19.6. The summed E-state index contributed by atoms with van der Waals surface area (Å²) < 4.78 is 47.5. The van der Waals surface area contributed by atoms with Gasteiger partial charge in [-0.25, -0.2) is 0 Å². The third kappa shape index (κ3) is 7.56. The molecule has 50 heavy (non-hydrogen) atoms. The Morgan fingerprint density at radius 2 is 1.30 bits per heavy atom. The van der Waals surface area contributed by atoms with Crippen molar-refractivity contribution in [2.75, 3.05) is 19.8 Å². The normalized spacial score (nSPS) is 49.8. The van der Waals surface area contributed by atoms with Crippen molar-refractivity contribution < 1.29 is 68.5 Å². The third-order valence-corrected chi connectivity index (χ3v) is 10.2. The Bertz CT molecular complexity index is 1260. The predicted molar refractivity (Wildman–Crippen MR) is 168 cm³/mol. The Morgan fingerprint density at radius 1 is 0.680 bits per heavy atom. The van der Waals surface area contributed by atoms with Crippen LogP contribution in [0.2, 0.25) is 5.02 Å². The zero-order chi connectivity index (χ0) is 36.0. The lowest BCUT2D eigenvalue weighted by atomic mass is 9.84. The van der Waals surface area contributed by atoms with Crippen LogP contribution in [0, 0.1) is 0 Å². The minimum absolute atomic E-state index is 0.0220. The van der Waals surface area contributed by atoms with Crippen LogP contribution in [0.1, 0.15) is 18.3 Å². The number of fused-ring (bicyclic) bond motifs is 1. The zero-order valence-corrected chi connectivity index (χ0v) is 27.7. The van der Waals surface area contributed by atoms with Gasteiger partial charge in [-0.1, -0.05) is 23.7 Å². The molecule has 4 heterocycles. The highest BCUT2D eigenvalue weighted by Gasteiger charge is 2.55. The molecule has 1 saturated carbocycles. The van der Waals surface area contributed by atoms with E-state index in [9.17, 15) is 30.6 Å². The van der Waals surface area contributed by atoms with Crippen molar-refractivity contribution in [3.8, 4) is 0 Å². The van der Waals surface area contributed by atoms with Gasteiger partial charge in [-0.15, -0.1) is 0 Å². The second kappa shape index (κ2) is 16.0. The van der Waals surface area contributed by atoms with Gasteiger partial charge in [0.05, 0.1) is 31.4 Å². The number of aliphatic hydroxyl groups excluding tert-OH is 6. The minimum atomic E-state index is -1.61. The van der Waals surface area contributed by atoms with Crippen LogP contribution < -0.4 is 28.7 Å². The number of halogens is 1. The average Bonchev–Trinajstić information content (AvgIpc) is 3.40. The van der Waals surface area contributed by atoms with E-state index in [-0.39, 0.29) is 19.6 Å². The Hall–Kier alpha value is -1.25. The monoisotopic (exact) mass is 737 g/mol. The van der Waals surface area contributed by atoms with Crippen LogP contribution >= 0.6 is 11.6 Å². The molecule has 16 N–H and O–H groups in total. The van der Waals surface area contributed by atoms with Crippen LogP contribution in [0.5, 0.6) is 0 Å². The summed E-state index contributed by atoms with van der Waals surface area (Å²) in [6.45, 7) is -0.786. The lowest BCUT2D eigenvalue weighted by Gasteiger charge is -2.49. The molecule has 0 aromatic heterocycles. The van der Waals surface area contributed by atoms with Crippen molar-refractivity contribution >= 4 is 11.6 Å². The van der Waals surface area contributed by atoms with Crippen molar-refractivity contribution in [3.05, 3.63) is 34.9 Å². The standard InChI is InChI=1S/C30H48ClN5O14/c31-10-3-1-9(2-4-10)27-43-8-15-25(48-27)21(41)17(36)29(46-15)47-23-12(34)5-11(33)18(38)26(23)50-30-22(42)24(14(7-37)45-30)49-28-16(35)20(40)19(39)13(6-32)44-28/h1-4,11-30,37-42H,5-8,32-36H2/t11-,12+,13+,14+,15+,16-,17+,18+,19-,20-,21+,22+,23-,24+,25+,26-,27+,28-,29+,30-/m0/s1. The zero-order valence-electron chi connectivity index (χ0n) is 26.9. The molecule has 4 saturated heterocycles. The molecule has 0 unspecified atom stereocenters. The van der Waals surface area contributed by atoms with E-state index >= 15 is 0 Å². The summed E-state index contributed by atoms with van der Waals surface area (Å²) in [7, 11) is 0. The molecule has 0 spiro atoms. The van der Waals surface area contributed by atoms with Gasteiger partial charge in [0.15, 0.2) is 25.2 Å². The van der Waals surface area contributed by atoms with E-state index in [2.05, 4.69) is 0 Å². The Morgan fingerprint density at radius 3 is 1.98 bits per heavy atom. The molecule has 5 fully saturated rings. The molecule has 6 rings (SSSR count). The van der Waals surface area contributed by atoms with Crippen molar-refractivity contribution in [1.29, 1.82) is 0 Å². The lowest BCUT2D eigenvalue weighted by Crippen LogP contribution is -2.69. The van der Waals surface area contributed by atoms with Crippen molar-refractivity contribution in [2.45, 2.75) is 129 Å². The maximum Gasteiger partial charge on any atom is 0.187 e. The maximum atomic E-state index is 11.3. The molecule has 1 aromatic carbocycles. The summed E-state index contributed by atoms with van der Waals surface area (Å²) in [5, 5.41) is 64.8. The quantitative estimate of drug-likeness (QED) is 0.113. The fourth-order valence-corrected chi connectivity index (χ4v) is 7.12. The van der Waals surface area contributed by atoms with Crippen LogP contribution in [0.3, 0.4) is 0 Å². The maximum absolute atomic E-state index is 11.3. The van der Waals surface area contributed by atoms with Gasteiger partial charge in [-0.3, -0.25) is 0 Å². The first-order valence-corrected chi connectivity index (χ1v) is 16.9. The van der Waals surface area contributed by atoms with Gasteiger partial charge >= 0.3 is 0 Å². The topological polar surface area (TPSA) is 325 Å². The number of ether oxygens (including phenoxy) is 8. The molecule has 1 aromatic rings. The Kier molecular flexibility index (Phi) is 12.3. The summed E-state index contributed by atoms with van der Waals surface area (Å²) in [4.78, 5) is 0. The SMILES string of the molecule is NC[C@H]1O[C@@H](O[C@H]2[C@@H](O)[C@H](O[C@H]3[C@H](O)[C@@H](N)C[C@@H](N)[C@@H]3O[C@H]3O[C@@H]4CO[C@@H](c5ccc(Cl)cc5)O[C@H]4[C@H](O)[C@H]3N)O[C@@H]2CO)[C@@H](N)[C@H](O)[C@H]1O. The molecular formula is C30H48ClN5O14. The molecule has 1 aliphatic carbocycles. The second-order valence-electron chi connectivity index (χ2n) is 13.3. The van der Waals surface area contributed by atoms with E-state index in [0.717, 1.165) is 0 Å². The molecule has 20 atom stereocenters. The Labute approximate surface area is 292 Å². The molecule has 0 radical (unpaired) electrons. The van der Waals surface area contributed by atoms with Crippen molar-refractivity contribution in [1.82, 2.24) is 0 Å². The highest BCUT2D eigenvalue weighted by Crippen LogP contribution is 2.37. The van der Waals surface area contributed by atoms with E-state index in [4.69, 9.17) is 78.2 Å². The number of hydrogen-bond acceptors (Lipinski definition) is 19. The summed E-state index contributed by atoms with van der Waals surface area (Å²) >= 11 is 5.99. The molecule has 5 aliphatic rings. The number of aliphatic hydroxyl groups is 6. The van der Waals surface area contributed by atoms with E-state index < -0.39 is 129 Å². The number of hydrogen-bond donors (Lipinski definition) is 11. The lowest BCUT2D eigenvalue weighted by molar-refractivity contribution is -0.356. The smallest absolute Gasteiger partial charge is 0.187 e. The summed E-state index contributed by atoms with van der Waals surface area (Å²) in [6, 6.07) is 2.76. The van der Waals surface area contributed by atoms with Gasteiger partial charge in [0.2, 0.25) is 0 Å². The Balaban J connectivity index is 1.13. The van der Waals surface area contributed by atoms with E-state index in [1.165, 1.54) is 0 Å². The van der Waals surface area contributed by atoms with Crippen LogP contribution in [-0.4, -0.2) is 167 Å². The van der Waals surface area contributed by atoms with E-state index in [1.807, 2.05) is 0 Å². The van der Waals surface area contributed by atoms with Gasteiger partial charge < -0.3 is 97.2 Å². The van der Waals surface area contributed by atoms with Crippen LogP contribution in [-0.2, 0) is 37.9 Å². The van der Waals surface area contributed by atoms with Gasteiger partial charge in [0.25, 0.3) is 0 Å². The van der Waals surface area contributed by atoms with E-state index in [0.29, 0.717) is 10.6 Å². The van der Waals surface area contributed by atoms with Crippen LogP contribution in [0.15, 0.2) is 24.3 Å². The molecule has 4 aliphatic heterocycles. The fraction of sp³-hybridized carbons (Fsp3) is 0.800. The highest BCUT2D eigenvalue weighted by atomic mass is 35.5. The second-order valence-corrected chi connectivity index (χ2v) is 13.8. The number of nitrogens with two attached hydrogens (primary N) is 5.